The minimum atomic E-state index is -0.322. The number of ether oxygens (including phenoxy) is 9. The molecule has 21 nitrogen and oxygen atoms in total. The van der Waals surface area contributed by atoms with Gasteiger partial charge in [0.1, 0.15) is 0 Å². The maximum Gasteiger partial charge on any atom is 0.252 e. The van der Waals surface area contributed by atoms with Gasteiger partial charge >= 0.3 is 0 Å². The van der Waals surface area contributed by atoms with Crippen molar-refractivity contribution in [2.45, 2.75) is 59.7 Å². The number of aliphatic hydroxyl groups is 1. The van der Waals surface area contributed by atoms with Crippen molar-refractivity contribution in [3.8, 4) is 0 Å². The normalized spacial score (nSPS) is 12.2. The first-order chi connectivity index (χ1) is 32.2. The fourth-order valence-corrected chi connectivity index (χ4v) is 6.18. The van der Waals surface area contributed by atoms with Crippen LogP contribution in [-0.4, -0.2) is 184 Å². The van der Waals surface area contributed by atoms with Crippen LogP contribution in [0.3, 0.4) is 0 Å². The van der Waals surface area contributed by atoms with Crippen LogP contribution in [0.4, 0.5) is 17.5 Å². The number of hydrogen-bond acceptors (Lipinski definition) is 18. The van der Waals surface area contributed by atoms with Gasteiger partial charge in [-0.3, -0.25) is 4.79 Å². The number of benzene rings is 1. The Morgan fingerprint density at radius 2 is 1.27 bits per heavy atom. The standard InChI is InChI=1S/C44H71ClN10O11/c1-6-35-30-54(53-52-35)10-12-59-14-16-61-18-20-63-22-24-65-26-28-66-27-25-64-23-21-62-19-17-60-15-13-58-11-9-46-43(57)37-8-7-36(29-38(37)45)48-41-40-42(55(32-47-40)34(4)5)51-44(50-41)49-39(31-56)33(2)3/h7-8,29-30,32-34,39,56H,6,9-28,31H2,1-5H3,(H,46,57)(H2,48,49,50,51). The largest absolute Gasteiger partial charge is 0.394 e. The smallest absolute Gasteiger partial charge is 0.252 e. The summed E-state index contributed by atoms with van der Waals surface area (Å²) in [6.07, 6.45) is 4.53. The molecule has 3 heterocycles. The predicted molar refractivity (Wildman–Crippen MR) is 249 cm³/mol. The van der Waals surface area contributed by atoms with Gasteiger partial charge in [0.2, 0.25) is 5.95 Å². The number of amides is 1. The average molecular weight is 952 g/mol. The lowest BCUT2D eigenvalue weighted by atomic mass is 10.1. The van der Waals surface area contributed by atoms with E-state index in [-0.39, 0.29) is 35.5 Å². The first-order valence-corrected chi connectivity index (χ1v) is 23.1. The first-order valence-electron chi connectivity index (χ1n) is 22.8. The highest BCUT2D eigenvalue weighted by Gasteiger charge is 2.19. The van der Waals surface area contributed by atoms with E-state index in [1.54, 1.807) is 29.2 Å². The molecule has 0 radical (unpaired) electrons. The molecule has 1 atom stereocenters. The Morgan fingerprint density at radius 1 is 0.742 bits per heavy atom. The van der Waals surface area contributed by atoms with Crippen molar-refractivity contribution in [1.82, 2.24) is 39.8 Å². The van der Waals surface area contributed by atoms with Crippen molar-refractivity contribution in [1.29, 1.82) is 0 Å². The number of nitrogens with zero attached hydrogens (tertiary/aromatic N) is 7. The van der Waals surface area contributed by atoms with E-state index in [0.29, 0.717) is 166 Å². The summed E-state index contributed by atoms with van der Waals surface area (Å²) in [6, 6.07) is 4.93. The van der Waals surface area contributed by atoms with Crippen molar-refractivity contribution in [2.24, 2.45) is 5.92 Å². The molecule has 1 aromatic carbocycles. The molecule has 4 rings (SSSR count). The second kappa shape index (κ2) is 32.6. The Kier molecular flexibility index (Phi) is 26.9. The molecular weight excluding hydrogens is 880 g/mol. The van der Waals surface area contributed by atoms with Crippen LogP contribution >= 0.6 is 11.6 Å². The molecule has 1 unspecified atom stereocenters. The van der Waals surface area contributed by atoms with E-state index in [1.807, 2.05) is 45.4 Å². The van der Waals surface area contributed by atoms with Gasteiger partial charge in [-0.15, -0.1) is 5.10 Å². The highest BCUT2D eigenvalue weighted by molar-refractivity contribution is 6.34. The van der Waals surface area contributed by atoms with E-state index >= 15 is 0 Å². The number of fused-ring (bicyclic) bond motifs is 1. The molecule has 3 aromatic heterocycles. The summed E-state index contributed by atoms with van der Waals surface area (Å²) in [5.41, 5.74) is 3.13. The van der Waals surface area contributed by atoms with E-state index < -0.39 is 0 Å². The molecule has 0 aliphatic heterocycles. The molecule has 0 aliphatic rings. The van der Waals surface area contributed by atoms with Crippen LogP contribution in [0.2, 0.25) is 5.02 Å². The van der Waals surface area contributed by atoms with Crippen LogP contribution in [-0.2, 0) is 55.6 Å². The van der Waals surface area contributed by atoms with Gasteiger partial charge in [0.05, 0.1) is 161 Å². The van der Waals surface area contributed by atoms with Crippen LogP contribution < -0.4 is 16.0 Å². The van der Waals surface area contributed by atoms with Crippen molar-refractivity contribution in [3.63, 3.8) is 0 Å². The Hall–Kier alpha value is -4.13. The SMILES string of the molecule is CCc1cn(CCOCCOCCOCCOCCOCCOCCOCCOCCOCCNC(=O)c2ccc(Nc3nc(NC(CO)C(C)C)nc4c3ncn4C(C)C)cc2Cl)nn1. The Balaban J connectivity index is 0.912. The van der Waals surface area contributed by atoms with E-state index in [1.165, 1.54) is 0 Å². The number of imidazole rings is 1. The minimum Gasteiger partial charge on any atom is -0.394 e. The number of aromatic nitrogens is 7. The monoisotopic (exact) mass is 950 g/mol. The van der Waals surface area contributed by atoms with Crippen molar-refractivity contribution >= 4 is 46.1 Å². The summed E-state index contributed by atoms with van der Waals surface area (Å²) in [5, 5.41) is 27.6. The molecule has 0 fully saturated rings. The fourth-order valence-electron chi connectivity index (χ4n) is 5.91. The third kappa shape index (κ3) is 20.8. The third-order valence-electron chi connectivity index (χ3n) is 9.69. The maximum atomic E-state index is 12.9. The lowest BCUT2D eigenvalue weighted by molar-refractivity contribution is -0.0250. The van der Waals surface area contributed by atoms with Gasteiger partial charge in [-0.05, 0) is 44.4 Å². The van der Waals surface area contributed by atoms with E-state index in [4.69, 9.17) is 59.2 Å². The molecule has 22 heteroatoms. The zero-order valence-corrected chi connectivity index (χ0v) is 40.0. The van der Waals surface area contributed by atoms with Gasteiger partial charge in [-0.1, -0.05) is 37.6 Å². The summed E-state index contributed by atoms with van der Waals surface area (Å²) in [5.74, 6) is 0.648. The quantitative estimate of drug-likeness (QED) is 0.0464. The Bertz CT molecular complexity index is 1920. The number of nitrogens with one attached hydrogen (secondary N) is 3. The number of carbonyl (C=O) groups excluding carboxylic acids is 1. The van der Waals surface area contributed by atoms with Crippen molar-refractivity contribution in [2.75, 3.05) is 143 Å². The molecular formula is C44H71ClN10O11. The van der Waals surface area contributed by atoms with E-state index in [2.05, 4.69) is 36.2 Å². The molecule has 0 saturated carbocycles. The van der Waals surface area contributed by atoms with Gasteiger partial charge in [0.15, 0.2) is 17.0 Å². The van der Waals surface area contributed by atoms with Gasteiger partial charge in [0.25, 0.3) is 5.91 Å². The summed E-state index contributed by atoms with van der Waals surface area (Å²) < 4.78 is 53.5. The molecule has 370 valence electrons. The van der Waals surface area contributed by atoms with Gasteiger partial charge < -0.3 is 68.3 Å². The minimum absolute atomic E-state index is 0.0694. The lowest BCUT2D eigenvalue weighted by Gasteiger charge is -2.20. The zero-order chi connectivity index (χ0) is 47.2. The second-order valence-corrected chi connectivity index (χ2v) is 15.8. The third-order valence-corrected chi connectivity index (χ3v) is 10.0. The van der Waals surface area contributed by atoms with E-state index in [0.717, 1.165) is 12.1 Å². The van der Waals surface area contributed by atoms with Crippen LogP contribution in [0.15, 0.2) is 30.7 Å². The lowest BCUT2D eigenvalue weighted by Crippen LogP contribution is -2.30. The van der Waals surface area contributed by atoms with Crippen LogP contribution in [0.1, 0.15) is 56.7 Å². The summed E-state index contributed by atoms with van der Waals surface area (Å²) in [6.45, 7) is 19.4. The van der Waals surface area contributed by atoms with Gasteiger partial charge in [-0.25, -0.2) is 9.67 Å². The second-order valence-electron chi connectivity index (χ2n) is 15.4. The molecule has 0 bridgehead atoms. The predicted octanol–water partition coefficient (Wildman–Crippen LogP) is 3.97. The zero-order valence-electron chi connectivity index (χ0n) is 39.2. The summed E-state index contributed by atoms with van der Waals surface area (Å²) >= 11 is 6.56. The number of carbonyl (C=O) groups is 1. The topological polar surface area (TPSA) is 231 Å². The summed E-state index contributed by atoms with van der Waals surface area (Å²) in [4.78, 5) is 26.8. The molecule has 66 heavy (non-hydrogen) atoms. The molecule has 4 N–H and O–H groups in total. The molecule has 1 amide bonds. The van der Waals surface area contributed by atoms with Gasteiger partial charge in [0, 0.05) is 24.5 Å². The first kappa shape index (κ1) is 54.5. The van der Waals surface area contributed by atoms with Crippen LogP contribution in [0, 0.1) is 5.92 Å². The number of aryl methyl sites for hydroxylation is 1. The average Bonchev–Trinajstić information content (AvgIpc) is 3.96. The number of aliphatic hydroxyl groups excluding tert-OH is 1. The number of anilines is 3. The fraction of sp³-hybridized carbons (Fsp3) is 0.682. The van der Waals surface area contributed by atoms with Crippen LogP contribution in [0.5, 0.6) is 0 Å². The molecule has 0 aliphatic carbocycles. The number of rotatable bonds is 39. The molecule has 0 spiro atoms. The highest BCUT2D eigenvalue weighted by Crippen LogP contribution is 2.29. The van der Waals surface area contributed by atoms with Crippen LogP contribution in [0.25, 0.3) is 11.2 Å². The van der Waals surface area contributed by atoms with E-state index in [9.17, 15) is 9.90 Å². The maximum absolute atomic E-state index is 12.9. The number of halogens is 1. The summed E-state index contributed by atoms with van der Waals surface area (Å²) in [7, 11) is 0. The Morgan fingerprint density at radius 3 is 1.74 bits per heavy atom. The molecule has 0 saturated heterocycles. The highest BCUT2D eigenvalue weighted by atomic mass is 35.5. The van der Waals surface area contributed by atoms with Crippen molar-refractivity contribution < 1.29 is 52.5 Å². The number of hydrogen-bond donors (Lipinski definition) is 4. The van der Waals surface area contributed by atoms with Crippen molar-refractivity contribution in [3.05, 3.63) is 47.0 Å². The molecule has 4 aromatic rings. The Labute approximate surface area is 392 Å². The van der Waals surface area contributed by atoms with Gasteiger partial charge in [-0.2, -0.15) is 9.97 Å².